The molecular formula is C23H29N3O4. The third-order valence-corrected chi connectivity index (χ3v) is 4.72. The first-order valence-electron chi connectivity index (χ1n) is 10.2. The van der Waals surface area contributed by atoms with Crippen molar-refractivity contribution in [2.75, 3.05) is 37.7 Å². The number of amides is 1. The predicted molar refractivity (Wildman–Crippen MR) is 115 cm³/mol. The summed E-state index contributed by atoms with van der Waals surface area (Å²) in [6.45, 7) is 8.34. The molecule has 0 N–H and O–H groups in total. The number of hydrogen-bond acceptors (Lipinski definition) is 6. The fourth-order valence-corrected chi connectivity index (χ4v) is 3.27. The minimum atomic E-state index is -0.533. The normalized spacial score (nSPS) is 14.4. The van der Waals surface area contributed by atoms with Gasteiger partial charge in [0, 0.05) is 44.3 Å². The van der Waals surface area contributed by atoms with Crippen LogP contribution in [0.25, 0.3) is 0 Å². The van der Waals surface area contributed by atoms with Crippen LogP contribution in [0.2, 0.25) is 0 Å². The summed E-state index contributed by atoms with van der Waals surface area (Å²) in [7, 11) is 0. The minimum Gasteiger partial charge on any atom is -0.482 e. The second kappa shape index (κ2) is 9.61. The summed E-state index contributed by atoms with van der Waals surface area (Å²) < 4.78 is 10.7. The highest BCUT2D eigenvalue weighted by Gasteiger charge is 2.21. The number of carbonyl (C=O) groups is 2. The summed E-state index contributed by atoms with van der Waals surface area (Å²) in [4.78, 5) is 32.6. The fourth-order valence-electron chi connectivity index (χ4n) is 3.27. The SMILES string of the molecule is CC(C)(C)OC(=O)COc1ccc(CC(=O)N2CCN(c3ccncc3)CC2)cc1. The average Bonchev–Trinajstić information content (AvgIpc) is 2.73. The molecule has 1 aliphatic rings. The maximum atomic E-state index is 12.6. The number of esters is 1. The number of benzene rings is 1. The first kappa shape index (κ1) is 21.6. The smallest absolute Gasteiger partial charge is 0.344 e. The lowest BCUT2D eigenvalue weighted by Crippen LogP contribution is -2.49. The molecule has 0 radical (unpaired) electrons. The highest BCUT2D eigenvalue weighted by Crippen LogP contribution is 2.17. The van der Waals surface area contributed by atoms with E-state index in [1.807, 2.05) is 49.9 Å². The van der Waals surface area contributed by atoms with Gasteiger partial charge < -0.3 is 19.3 Å². The predicted octanol–water partition coefficient (Wildman–Crippen LogP) is 2.69. The van der Waals surface area contributed by atoms with Crippen LogP contribution in [-0.4, -0.2) is 60.1 Å². The molecule has 0 saturated carbocycles. The number of nitrogens with zero attached hydrogens (tertiary/aromatic N) is 3. The Morgan fingerprint density at radius 3 is 2.20 bits per heavy atom. The van der Waals surface area contributed by atoms with E-state index in [1.54, 1.807) is 24.5 Å². The topological polar surface area (TPSA) is 72.0 Å². The fraction of sp³-hybridized carbons (Fsp3) is 0.435. The Morgan fingerprint density at radius 1 is 0.967 bits per heavy atom. The van der Waals surface area contributed by atoms with Crippen LogP contribution in [-0.2, 0) is 20.7 Å². The largest absolute Gasteiger partial charge is 0.482 e. The Kier molecular flexibility index (Phi) is 6.92. The molecule has 1 aromatic heterocycles. The van der Waals surface area contributed by atoms with E-state index in [4.69, 9.17) is 9.47 Å². The number of hydrogen-bond donors (Lipinski definition) is 0. The molecule has 1 aromatic carbocycles. The molecule has 0 bridgehead atoms. The van der Waals surface area contributed by atoms with Crippen LogP contribution in [0.1, 0.15) is 26.3 Å². The molecular weight excluding hydrogens is 382 g/mol. The van der Waals surface area contributed by atoms with E-state index < -0.39 is 11.6 Å². The van der Waals surface area contributed by atoms with Crippen LogP contribution < -0.4 is 9.64 Å². The van der Waals surface area contributed by atoms with E-state index in [1.165, 1.54) is 0 Å². The quantitative estimate of drug-likeness (QED) is 0.681. The van der Waals surface area contributed by atoms with E-state index in [-0.39, 0.29) is 12.5 Å². The van der Waals surface area contributed by atoms with E-state index in [0.717, 1.165) is 24.3 Å². The zero-order valence-electron chi connectivity index (χ0n) is 17.8. The molecule has 2 aromatic rings. The van der Waals surface area contributed by atoms with Gasteiger partial charge in [-0.1, -0.05) is 12.1 Å². The van der Waals surface area contributed by atoms with Crippen LogP contribution in [0.3, 0.4) is 0 Å². The number of carbonyl (C=O) groups excluding carboxylic acids is 2. The van der Waals surface area contributed by atoms with Gasteiger partial charge in [-0.25, -0.2) is 4.79 Å². The van der Waals surface area contributed by atoms with Gasteiger partial charge in [0.25, 0.3) is 0 Å². The van der Waals surface area contributed by atoms with Crippen LogP contribution >= 0.6 is 0 Å². The van der Waals surface area contributed by atoms with Gasteiger partial charge in [0.2, 0.25) is 5.91 Å². The van der Waals surface area contributed by atoms with E-state index in [2.05, 4.69) is 9.88 Å². The number of piperazine rings is 1. The molecule has 0 atom stereocenters. The van der Waals surface area contributed by atoms with Crippen molar-refractivity contribution in [3.63, 3.8) is 0 Å². The van der Waals surface area contributed by atoms with Crippen LogP contribution in [0.15, 0.2) is 48.8 Å². The van der Waals surface area contributed by atoms with Gasteiger partial charge in [-0.05, 0) is 50.6 Å². The molecule has 160 valence electrons. The second-order valence-electron chi connectivity index (χ2n) is 8.27. The lowest BCUT2D eigenvalue weighted by molar-refractivity contribution is -0.157. The average molecular weight is 412 g/mol. The first-order chi connectivity index (χ1) is 14.3. The van der Waals surface area contributed by atoms with Crippen molar-refractivity contribution in [3.8, 4) is 5.75 Å². The molecule has 3 rings (SSSR count). The molecule has 0 unspecified atom stereocenters. The van der Waals surface area contributed by atoms with Gasteiger partial charge >= 0.3 is 5.97 Å². The van der Waals surface area contributed by atoms with Gasteiger partial charge in [0.15, 0.2) is 6.61 Å². The first-order valence-corrected chi connectivity index (χ1v) is 10.2. The summed E-state index contributed by atoms with van der Waals surface area (Å²) in [5.41, 5.74) is 1.52. The zero-order chi connectivity index (χ0) is 21.6. The summed E-state index contributed by atoms with van der Waals surface area (Å²) in [6.07, 6.45) is 3.92. The number of anilines is 1. The lowest BCUT2D eigenvalue weighted by atomic mass is 10.1. The molecule has 1 saturated heterocycles. The summed E-state index contributed by atoms with van der Waals surface area (Å²) in [5.74, 6) is 0.280. The highest BCUT2D eigenvalue weighted by atomic mass is 16.6. The molecule has 2 heterocycles. The van der Waals surface area contributed by atoms with Crippen molar-refractivity contribution in [2.24, 2.45) is 0 Å². The van der Waals surface area contributed by atoms with Gasteiger partial charge in [-0.3, -0.25) is 9.78 Å². The maximum Gasteiger partial charge on any atom is 0.344 e. The summed E-state index contributed by atoms with van der Waals surface area (Å²) >= 11 is 0. The Hall–Kier alpha value is -3.09. The number of ether oxygens (including phenoxy) is 2. The van der Waals surface area contributed by atoms with Crippen molar-refractivity contribution < 1.29 is 19.1 Å². The Bertz CT molecular complexity index is 839. The third kappa shape index (κ3) is 6.47. The van der Waals surface area contributed by atoms with Crippen molar-refractivity contribution in [1.29, 1.82) is 0 Å². The van der Waals surface area contributed by atoms with E-state index >= 15 is 0 Å². The van der Waals surface area contributed by atoms with Crippen LogP contribution in [0, 0.1) is 0 Å². The minimum absolute atomic E-state index is 0.117. The molecule has 7 nitrogen and oxygen atoms in total. The van der Waals surface area contributed by atoms with Crippen molar-refractivity contribution >= 4 is 17.6 Å². The van der Waals surface area contributed by atoms with E-state index in [9.17, 15) is 9.59 Å². The molecule has 1 fully saturated rings. The monoisotopic (exact) mass is 411 g/mol. The maximum absolute atomic E-state index is 12.6. The molecule has 0 spiro atoms. The number of aromatic nitrogens is 1. The summed E-state index contributed by atoms with van der Waals surface area (Å²) in [5, 5.41) is 0. The van der Waals surface area contributed by atoms with Crippen molar-refractivity contribution in [1.82, 2.24) is 9.88 Å². The number of pyridine rings is 1. The Balaban J connectivity index is 1.44. The molecule has 7 heteroatoms. The van der Waals surface area contributed by atoms with Crippen LogP contribution in [0.5, 0.6) is 5.75 Å². The molecule has 1 amide bonds. The van der Waals surface area contributed by atoms with Gasteiger partial charge in [0.05, 0.1) is 6.42 Å². The second-order valence-corrected chi connectivity index (χ2v) is 8.27. The lowest BCUT2D eigenvalue weighted by Gasteiger charge is -2.36. The van der Waals surface area contributed by atoms with Crippen LogP contribution in [0.4, 0.5) is 5.69 Å². The Labute approximate surface area is 177 Å². The molecule has 0 aliphatic carbocycles. The van der Waals surface area contributed by atoms with Gasteiger partial charge in [-0.15, -0.1) is 0 Å². The van der Waals surface area contributed by atoms with Gasteiger partial charge in [-0.2, -0.15) is 0 Å². The Morgan fingerprint density at radius 2 is 1.60 bits per heavy atom. The third-order valence-electron chi connectivity index (χ3n) is 4.72. The number of rotatable bonds is 6. The van der Waals surface area contributed by atoms with Crippen molar-refractivity contribution in [2.45, 2.75) is 32.8 Å². The van der Waals surface area contributed by atoms with Gasteiger partial charge in [0.1, 0.15) is 11.4 Å². The standard InChI is InChI=1S/C23H29N3O4/c1-23(2,3)30-22(28)17-29-20-6-4-18(5-7-20)16-21(27)26-14-12-25(13-15-26)19-8-10-24-11-9-19/h4-11H,12-17H2,1-3H3. The van der Waals surface area contributed by atoms with E-state index in [0.29, 0.717) is 25.3 Å². The van der Waals surface area contributed by atoms with Crippen molar-refractivity contribution in [3.05, 3.63) is 54.4 Å². The zero-order valence-corrected chi connectivity index (χ0v) is 17.8. The highest BCUT2D eigenvalue weighted by molar-refractivity contribution is 5.79. The molecule has 30 heavy (non-hydrogen) atoms. The molecule has 1 aliphatic heterocycles. The summed E-state index contributed by atoms with van der Waals surface area (Å²) in [6, 6.07) is 11.2.